The summed E-state index contributed by atoms with van der Waals surface area (Å²) in [7, 11) is 0. The summed E-state index contributed by atoms with van der Waals surface area (Å²) in [6.45, 7) is 0.633. The molecule has 8 heteroatoms. The number of carbonyl (C=O) groups is 2. The van der Waals surface area contributed by atoms with E-state index in [2.05, 4.69) is 5.32 Å². The number of anilines is 2. The van der Waals surface area contributed by atoms with Gasteiger partial charge in [0.05, 0.1) is 0 Å². The lowest BCUT2D eigenvalue weighted by Gasteiger charge is -2.36. The summed E-state index contributed by atoms with van der Waals surface area (Å²) in [6.07, 6.45) is -4.84. The Kier molecular flexibility index (Phi) is 6.35. The van der Waals surface area contributed by atoms with Crippen molar-refractivity contribution >= 4 is 23.2 Å². The predicted octanol–water partition coefficient (Wildman–Crippen LogP) is 4.82. The normalized spacial score (nSPS) is 14.2. The number of hydrogen-bond donors (Lipinski definition) is 1. The Morgan fingerprint density at radius 2 is 1.30 bits per heavy atom. The van der Waals surface area contributed by atoms with Crippen LogP contribution in [-0.4, -0.2) is 49.1 Å². The number of alkyl halides is 3. The summed E-state index contributed by atoms with van der Waals surface area (Å²) >= 11 is 0. The van der Waals surface area contributed by atoms with Crippen molar-refractivity contribution in [2.45, 2.75) is 6.18 Å². The summed E-state index contributed by atoms with van der Waals surface area (Å²) in [5.74, 6) is -2.03. The van der Waals surface area contributed by atoms with E-state index in [9.17, 15) is 22.8 Å². The van der Waals surface area contributed by atoms with Crippen molar-refractivity contribution < 1.29 is 22.8 Å². The van der Waals surface area contributed by atoms with Crippen LogP contribution in [0.1, 0.15) is 10.4 Å². The van der Waals surface area contributed by atoms with Crippen LogP contribution in [0.15, 0.2) is 78.9 Å². The van der Waals surface area contributed by atoms with Crippen LogP contribution in [0.5, 0.6) is 0 Å². The van der Waals surface area contributed by atoms with Gasteiger partial charge in [0.2, 0.25) is 0 Å². The zero-order valence-electron chi connectivity index (χ0n) is 17.7. The zero-order valence-corrected chi connectivity index (χ0v) is 17.7. The highest BCUT2D eigenvalue weighted by molar-refractivity contribution is 6.04. The van der Waals surface area contributed by atoms with Gasteiger partial charge in [-0.3, -0.25) is 9.59 Å². The number of piperazine rings is 1. The fourth-order valence-corrected chi connectivity index (χ4v) is 3.75. The van der Waals surface area contributed by atoms with Gasteiger partial charge >= 0.3 is 12.1 Å². The van der Waals surface area contributed by atoms with E-state index in [1.165, 1.54) is 0 Å². The number of benzene rings is 3. The molecule has 1 fully saturated rings. The van der Waals surface area contributed by atoms with Crippen LogP contribution in [0.3, 0.4) is 0 Å². The second-order valence-electron chi connectivity index (χ2n) is 7.72. The van der Waals surface area contributed by atoms with Gasteiger partial charge in [0, 0.05) is 43.1 Å². The molecule has 0 aromatic heterocycles. The Hall–Kier alpha value is -3.81. The van der Waals surface area contributed by atoms with Crippen molar-refractivity contribution in [2.24, 2.45) is 0 Å². The molecule has 3 aromatic carbocycles. The first-order chi connectivity index (χ1) is 15.8. The molecule has 5 nitrogen and oxygen atoms in total. The van der Waals surface area contributed by atoms with Crippen molar-refractivity contribution in [3.05, 3.63) is 84.4 Å². The second kappa shape index (κ2) is 9.36. The molecule has 170 valence electrons. The number of halogens is 3. The minimum absolute atomic E-state index is 0.00973. The molecule has 1 N–H and O–H groups in total. The molecule has 4 rings (SSSR count). The summed E-state index contributed by atoms with van der Waals surface area (Å²) in [6, 6.07) is 24.3. The van der Waals surface area contributed by atoms with Gasteiger partial charge in [0.25, 0.3) is 5.91 Å². The van der Waals surface area contributed by atoms with E-state index < -0.39 is 12.1 Å². The molecule has 0 atom stereocenters. The highest BCUT2D eigenvalue weighted by atomic mass is 19.4. The van der Waals surface area contributed by atoms with Gasteiger partial charge in [0.15, 0.2) is 0 Å². The van der Waals surface area contributed by atoms with Crippen molar-refractivity contribution in [1.29, 1.82) is 0 Å². The van der Waals surface area contributed by atoms with Crippen LogP contribution in [0.4, 0.5) is 24.5 Å². The molecule has 1 heterocycles. The average molecular weight is 453 g/mol. The Bertz CT molecular complexity index is 1110. The standard InChI is InChI=1S/C25H22F3N3O2/c26-25(27,28)24(33)31-16-14-30(15-17-31)22-12-10-21(11-13-22)29-23(32)20-8-6-19(7-9-20)18-4-2-1-3-5-18/h1-13H,14-17H2,(H,29,32). The van der Waals surface area contributed by atoms with Crippen LogP contribution in [-0.2, 0) is 4.79 Å². The fourth-order valence-electron chi connectivity index (χ4n) is 3.75. The van der Waals surface area contributed by atoms with E-state index in [0.29, 0.717) is 24.3 Å². The van der Waals surface area contributed by atoms with E-state index in [0.717, 1.165) is 21.7 Å². The average Bonchev–Trinajstić information content (AvgIpc) is 2.84. The number of rotatable bonds is 4. The molecule has 0 unspecified atom stereocenters. The van der Waals surface area contributed by atoms with E-state index in [1.54, 1.807) is 36.4 Å². The number of nitrogens with zero attached hydrogens (tertiary/aromatic N) is 2. The maximum absolute atomic E-state index is 12.6. The Morgan fingerprint density at radius 3 is 1.88 bits per heavy atom. The maximum atomic E-state index is 12.6. The zero-order chi connectivity index (χ0) is 23.4. The third kappa shape index (κ3) is 5.34. The van der Waals surface area contributed by atoms with Crippen molar-refractivity contribution in [2.75, 3.05) is 36.4 Å². The van der Waals surface area contributed by atoms with Crippen LogP contribution < -0.4 is 10.2 Å². The van der Waals surface area contributed by atoms with Gasteiger partial charge in [-0.2, -0.15) is 13.2 Å². The van der Waals surface area contributed by atoms with Crippen LogP contribution in [0.25, 0.3) is 11.1 Å². The van der Waals surface area contributed by atoms with E-state index in [1.807, 2.05) is 47.4 Å². The van der Waals surface area contributed by atoms with Crippen LogP contribution >= 0.6 is 0 Å². The monoisotopic (exact) mass is 453 g/mol. The van der Waals surface area contributed by atoms with E-state index in [-0.39, 0.29) is 19.0 Å². The summed E-state index contributed by atoms with van der Waals surface area (Å²) in [5.41, 5.74) is 4.06. The first-order valence-electron chi connectivity index (χ1n) is 10.5. The smallest absolute Gasteiger partial charge is 0.368 e. The van der Waals surface area contributed by atoms with Crippen LogP contribution in [0, 0.1) is 0 Å². The van der Waals surface area contributed by atoms with Crippen molar-refractivity contribution in [3.8, 4) is 11.1 Å². The lowest BCUT2D eigenvalue weighted by Crippen LogP contribution is -2.52. The third-order valence-electron chi connectivity index (χ3n) is 5.55. The first kappa shape index (κ1) is 22.4. The third-order valence-corrected chi connectivity index (χ3v) is 5.55. The Morgan fingerprint density at radius 1 is 0.727 bits per heavy atom. The topological polar surface area (TPSA) is 52.7 Å². The molecular weight excluding hydrogens is 431 g/mol. The molecule has 1 aliphatic rings. The maximum Gasteiger partial charge on any atom is 0.471 e. The van der Waals surface area contributed by atoms with Gasteiger partial charge in [0.1, 0.15) is 0 Å². The highest BCUT2D eigenvalue weighted by Gasteiger charge is 2.43. The number of carbonyl (C=O) groups excluding carboxylic acids is 2. The predicted molar refractivity (Wildman–Crippen MR) is 121 cm³/mol. The second-order valence-corrected chi connectivity index (χ2v) is 7.72. The van der Waals surface area contributed by atoms with Crippen LogP contribution in [0.2, 0.25) is 0 Å². The molecule has 0 spiro atoms. The van der Waals surface area contributed by atoms with E-state index >= 15 is 0 Å². The molecule has 33 heavy (non-hydrogen) atoms. The Labute approximate surface area is 189 Å². The molecular formula is C25H22F3N3O2. The Balaban J connectivity index is 1.33. The summed E-state index contributed by atoms with van der Waals surface area (Å²) in [5, 5.41) is 2.85. The number of hydrogen-bond acceptors (Lipinski definition) is 3. The summed E-state index contributed by atoms with van der Waals surface area (Å²) in [4.78, 5) is 26.7. The SMILES string of the molecule is O=C(Nc1ccc(N2CCN(C(=O)C(F)(F)F)CC2)cc1)c1ccc(-c2ccccc2)cc1. The van der Waals surface area contributed by atoms with Gasteiger partial charge in [-0.1, -0.05) is 42.5 Å². The number of nitrogens with one attached hydrogen (secondary N) is 1. The number of amides is 2. The largest absolute Gasteiger partial charge is 0.471 e. The lowest BCUT2D eigenvalue weighted by atomic mass is 10.0. The highest BCUT2D eigenvalue weighted by Crippen LogP contribution is 2.24. The summed E-state index contributed by atoms with van der Waals surface area (Å²) < 4.78 is 37.7. The fraction of sp³-hybridized carbons (Fsp3) is 0.200. The lowest BCUT2D eigenvalue weighted by molar-refractivity contribution is -0.185. The van der Waals surface area contributed by atoms with Crippen molar-refractivity contribution in [1.82, 2.24) is 4.90 Å². The van der Waals surface area contributed by atoms with Crippen molar-refractivity contribution in [3.63, 3.8) is 0 Å². The minimum atomic E-state index is -4.84. The van der Waals surface area contributed by atoms with E-state index in [4.69, 9.17) is 0 Å². The van der Waals surface area contributed by atoms with Gasteiger partial charge in [-0.15, -0.1) is 0 Å². The van der Waals surface area contributed by atoms with Gasteiger partial charge < -0.3 is 15.1 Å². The van der Waals surface area contributed by atoms with Gasteiger partial charge in [-0.25, -0.2) is 0 Å². The first-order valence-corrected chi connectivity index (χ1v) is 10.5. The van der Waals surface area contributed by atoms with Gasteiger partial charge in [-0.05, 0) is 47.5 Å². The molecule has 1 saturated heterocycles. The molecule has 1 aliphatic heterocycles. The molecule has 0 radical (unpaired) electrons. The minimum Gasteiger partial charge on any atom is -0.368 e. The molecule has 0 aliphatic carbocycles. The quantitative estimate of drug-likeness (QED) is 0.617. The molecule has 2 amide bonds. The molecule has 3 aromatic rings. The molecule has 0 saturated carbocycles. The molecule has 0 bridgehead atoms.